The number of fused-ring (bicyclic) bond motifs is 2. The Balaban J connectivity index is 0.000000493. The summed E-state index contributed by atoms with van der Waals surface area (Å²) in [7, 11) is -3.23. The molecule has 214 valence electrons. The summed E-state index contributed by atoms with van der Waals surface area (Å²) in [6.45, 7) is 0. The summed E-state index contributed by atoms with van der Waals surface area (Å²) in [4.78, 5) is 40.7. The second-order valence-electron chi connectivity index (χ2n) is 8.34. The average Bonchev–Trinajstić information content (AvgIpc) is 3.44. The Bertz CT molecular complexity index is 1760. The molecule has 1 unspecified atom stereocenters. The second kappa shape index (κ2) is 10.5. The molecule has 0 saturated carbocycles. The third-order valence-electron chi connectivity index (χ3n) is 5.83. The van der Waals surface area contributed by atoms with Gasteiger partial charge in [-0.05, 0) is 30.3 Å². The van der Waals surface area contributed by atoms with Gasteiger partial charge in [0.05, 0.1) is 23.0 Å². The molecule has 0 radical (unpaired) electrons. The summed E-state index contributed by atoms with van der Waals surface area (Å²) in [6.07, 6.45) is -5.81. The molecule has 0 fully saturated rings. The predicted octanol–water partition coefficient (Wildman–Crippen LogP) is 3.41. The number of nitrogens with zero attached hydrogens (tertiary/aromatic N) is 2. The predicted molar refractivity (Wildman–Crippen MR) is 135 cm³/mol. The van der Waals surface area contributed by atoms with E-state index in [0.717, 1.165) is 0 Å². The van der Waals surface area contributed by atoms with E-state index >= 15 is 0 Å². The fraction of sp³-hybridized carbons (Fsp3) is 0.120. The first kappa shape index (κ1) is 29.0. The van der Waals surface area contributed by atoms with Gasteiger partial charge >= 0.3 is 18.2 Å². The lowest BCUT2D eigenvalue weighted by atomic mass is 9.94. The number of sulfonamides is 1. The molecule has 2 heterocycles. The molecule has 1 atom stereocenters. The maximum Gasteiger partial charge on any atom is 0.490 e. The van der Waals surface area contributed by atoms with Gasteiger partial charge in [0, 0.05) is 16.7 Å². The number of aromatic nitrogens is 2. The van der Waals surface area contributed by atoms with Crippen molar-refractivity contribution in [1.82, 2.24) is 14.3 Å². The molecule has 0 bridgehead atoms. The van der Waals surface area contributed by atoms with E-state index in [1.165, 1.54) is 55.6 Å². The van der Waals surface area contributed by atoms with Crippen LogP contribution in [0.15, 0.2) is 77.7 Å². The normalized spacial score (nSPS) is 16.5. The number of aliphatic hydroxyl groups is 1. The van der Waals surface area contributed by atoms with Crippen LogP contribution in [0.1, 0.15) is 21.5 Å². The number of H-pyrrole nitrogens is 1. The van der Waals surface area contributed by atoms with Crippen LogP contribution in [0.25, 0.3) is 11.0 Å². The van der Waals surface area contributed by atoms with Gasteiger partial charge < -0.3 is 19.9 Å². The number of carboxylic acid groups (broad SMARTS) is 1. The van der Waals surface area contributed by atoms with E-state index in [1.54, 1.807) is 24.3 Å². The largest absolute Gasteiger partial charge is 0.490 e. The van der Waals surface area contributed by atoms with Crippen LogP contribution in [0.4, 0.5) is 23.9 Å². The number of aromatic amines is 1. The van der Waals surface area contributed by atoms with Crippen LogP contribution in [-0.4, -0.2) is 64.2 Å². The number of rotatable bonds is 4. The molecule has 1 aliphatic rings. The number of benzene rings is 3. The number of hydrogen-bond acceptors (Lipinski definition) is 8. The standard InChI is InChI=1S/C23H18N4O6S.C2HF3O2/c1-33-22(29)26-21-24-18-12-11-14(13-19(18)25-21)23(30)17-10-6-5-9-16(17)20(28)27(23)34(31,32)15-7-3-2-4-8-15;3-2(4,5)1(6)7/h2-13,30H,1H3,(H2,24,25,26,29);(H,6,7). The topological polar surface area (TPSA) is 179 Å². The van der Waals surface area contributed by atoms with E-state index < -0.39 is 39.9 Å². The summed E-state index contributed by atoms with van der Waals surface area (Å²) in [6, 6.07) is 18.1. The van der Waals surface area contributed by atoms with E-state index in [0.29, 0.717) is 15.3 Å². The number of anilines is 1. The number of carboxylic acids is 1. The Kier molecular flexibility index (Phi) is 7.47. The lowest BCUT2D eigenvalue weighted by Gasteiger charge is -2.33. The monoisotopic (exact) mass is 592 g/mol. The molecule has 0 saturated heterocycles. The zero-order chi connectivity index (χ0) is 30.2. The number of carbonyl (C=O) groups is 3. The molecule has 16 heteroatoms. The fourth-order valence-electron chi connectivity index (χ4n) is 4.03. The van der Waals surface area contributed by atoms with Crippen molar-refractivity contribution < 1.29 is 50.9 Å². The number of methoxy groups -OCH3 is 1. The summed E-state index contributed by atoms with van der Waals surface area (Å²) in [5.41, 5.74) is -1.17. The third kappa shape index (κ3) is 5.29. The minimum atomic E-state index is -5.08. The molecule has 1 aliphatic heterocycles. The van der Waals surface area contributed by atoms with Crippen LogP contribution >= 0.6 is 0 Å². The molecule has 5 rings (SSSR count). The maximum atomic E-state index is 13.6. The molecule has 0 aliphatic carbocycles. The van der Waals surface area contributed by atoms with E-state index in [2.05, 4.69) is 20.0 Å². The Morgan fingerprint density at radius 2 is 1.66 bits per heavy atom. The summed E-state index contributed by atoms with van der Waals surface area (Å²) < 4.78 is 64.0. The van der Waals surface area contributed by atoms with Crippen molar-refractivity contribution >= 4 is 45.0 Å². The van der Waals surface area contributed by atoms with Crippen LogP contribution in [0.2, 0.25) is 0 Å². The highest BCUT2D eigenvalue weighted by Crippen LogP contribution is 2.45. The van der Waals surface area contributed by atoms with E-state index in [4.69, 9.17) is 9.90 Å². The number of ether oxygens (including phenoxy) is 1. The number of nitrogens with one attached hydrogen (secondary N) is 2. The first-order valence-electron chi connectivity index (χ1n) is 11.3. The number of aliphatic carboxylic acids is 1. The molecular weight excluding hydrogens is 573 g/mol. The van der Waals surface area contributed by atoms with Crippen LogP contribution in [0, 0.1) is 0 Å². The number of carbonyl (C=O) groups excluding carboxylic acids is 2. The van der Waals surface area contributed by atoms with E-state index in [1.807, 2.05) is 0 Å². The highest BCUT2D eigenvalue weighted by molar-refractivity contribution is 7.89. The van der Waals surface area contributed by atoms with Crippen molar-refractivity contribution in [1.29, 1.82) is 0 Å². The zero-order valence-electron chi connectivity index (χ0n) is 20.7. The molecule has 12 nitrogen and oxygen atoms in total. The van der Waals surface area contributed by atoms with Gasteiger partial charge in [0.15, 0.2) is 0 Å². The van der Waals surface area contributed by atoms with Crippen molar-refractivity contribution in [3.05, 3.63) is 89.5 Å². The second-order valence-corrected chi connectivity index (χ2v) is 10.1. The Morgan fingerprint density at radius 3 is 2.27 bits per heavy atom. The van der Waals surface area contributed by atoms with Crippen molar-refractivity contribution in [2.24, 2.45) is 0 Å². The van der Waals surface area contributed by atoms with Gasteiger partial charge in [-0.15, -0.1) is 0 Å². The zero-order valence-corrected chi connectivity index (χ0v) is 21.5. The summed E-state index contributed by atoms with van der Waals surface area (Å²) in [5.74, 6) is -3.50. The van der Waals surface area contributed by atoms with Crippen LogP contribution in [0.3, 0.4) is 0 Å². The Morgan fingerprint density at radius 1 is 1.05 bits per heavy atom. The van der Waals surface area contributed by atoms with Gasteiger partial charge in [-0.3, -0.25) is 10.1 Å². The average molecular weight is 593 g/mol. The Hall–Kier alpha value is -4.96. The number of hydrogen-bond donors (Lipinski definition) is 4. The molecule has 4 aromatic rings. The SMILES string of the molecule is COC(=O)Nc1nc2ccc(C3(O)c4ccccc4C(=O)N3S(=O)(=O)c3ccccc3)cc2[nH]1.O=C(O)C(F)(F)F. The van der Waals surface area contributed by atoms with Crippen LogP contribution < -0.4 is 5.32 Å². The van der Waals surface area contributed by atoms with Crippen molar-refractivity contribution in [3.63, 3.8) is 0 Å². The molecule has 0 spiro atoms. The number of alkyl halides is 3. The molecule has 2 amide bonds. The van der Waals surface area contributed by atoms with Gasteiger partial charge in [-0.2, -0.15) is 17.5 Å². The smallest absolute Gasteiger partial charge is 0.475 e. The fourth-order valence-corrected chi connectivity index (χ4v) is 5.61. The molecule has 4 N–H and O–H groups in total. The summed E-state index contributed by atoms with van der Waals surface area (Å²) in [5, 5.41) is 21.5. The van der Waals surface area contributed by atoms with Crippen molar-refractivity contribution in [2.75, 3.05) is 12.4 Å². The highest BCUT2D eigenvalue weighted by Gasteiger charge is 2.55. The van der Waals surface area contributed by atoms with Crippen LogP contribution in [-0.2, 0) is 25.3 Å². The lowest BCUT2D eigenvalue weighted by Crippen LogP contribution is -2.48. The quantitative estimate of drug-likeness (QED) is 0.276. The van der Waals surface area contributed by atoms with Crippen molar-refractivity contribution in [3.8, 4) is 0 Å². The lowest BCUT2D eigenvalue weighted by molar-refractivity contribution is -0.192. The number of halogens is 3. The Labute approximate surface area is 229 Å². The summed E-state index contributed by atoms with van der Waals surface area (Å²) >= 11 is 0. The van der Waals surface area contributed by atoms with Crippen LogP contribution in [0.5, 0.6) is 0 Å². The number of imidazole rings is 1. The van der Waals surface area contributed by atoms with Gasteiger partial charge in [-0.1, -0.05) is 42.5 Å². The minimum Gasteiger partial charge on any atom is -0.475 e. The highest BCUT2D eigenvalue weighted by atomic mass is 32.2. The maximum absolute atomic E-state index is 13.6. The number of amides is 2. The van der Waals surface area contributed by atoms with E-state index in [9.17, 15) is 36.3 Å². The van der Waals surface area contributed by atoms with Gasteiger partial charge in [0.25, 0.3) is 15.9 Å². The van der Waals surface area contributed by atoms with Gasteiger partial charge in [0.2, 0.25) is 11.7 Å². The molecule has 1 aromatic heterocycles. The first-order valence-corrected chi connectivity index (χ1v) is 12.8. The van der Waals surface area contributed by atoms with Crippen molar-refractivity contribution in [2.45, 2.75) is 16.8 Å². The third-order valence-corrected chi connectivity index (χ3v) is 7.60. The molecule has 3 aromatic carbocycles. The molecule has 41 heavy (non-hydrogen) atoms. The van der Waals surface area contributed by atoms with E-state index in [-0.39, 0.29) is 27.5 Å². The first-order chi connectivity index (χ1) is 19.2. The minimum absolute atomic E-state index is 0.0715. The van der Waals surface area contributed by atoms with Gasteiger partial charge in [0.1, 0.15) is 0 Å². The molecular formula is C25H19F3N4O8S. The van der Waals surface area contributed by atoms with Gasteiger partial charge in [-0.25, -0.2) is 23.0 Å².